The Labute approximate surface area is 112 Å². The third-order valence-corrected chi connectivity index (χ3v) is 6.90. The molecule has 1 atom stereocenters. The molecule has 0 saturated heterocycles. The van der Waals surface area contributed by atoms with Crippen molar-refractivity contribution in [3.05, 3.63) is 35.4 Å². The van der Waals surface area contributed by atoms with Crippen LogP contribution < -0.4 is 0 Å². The second kappa shape index (κ2) is 5.68. The summed E-state index contributed by atoms with van der Waals surface area (Å²) in [5.41, 5.74) is 2.47. The summed E-state index contributed by atoms with van der Waals surface area (Å²) in [7, 11) is 0. The van der Waals surface area contributed by atoms with E-state index in [4.69, 9.17) is 0 Å². The highest BCUT2D eigenvalue weighted by molar-refractivity contribution is 8.17. The molecule has 2 rings (SSSR count). The fourth-order valence-electron chi connectivity index (χ4n) is 2.60. The Bertz CT molecular complexity index is 374. The lowest BCUT2D eigenvalue weighted by atomic mass is 9.91. The zero-order valence-corrected chi connectivity index (χ0v) is 12.1. The number of thioether (sulfide) groups is 2. The van der Waals surface area contributed by atoms with Crippen LogP contribution in [0.15, 0.2) is 24.3 Å². The monoisotopic (exact) mass is 268 g/mol. The maximum Gasteiger partial charge on any atom is 0.0814 e. The lowest BCUT2D eigenvalue weighted by Gasteiger charge is -2.35. The van der Waals surface area contributed by atoms with E-state index >= 15 is 0 Å². The average molecular weight is 268 g/mol. The van der Waals surface area contributed by atoms with Crippen LogP contribution in [-0.2, 0) is 6.42 Å². The van der Waals surface area contributed by atoms with Crippen LogP contribution >= 0.6 is 23.5 Å². The van der Waals surface area contributed by atoms with Gasteiger partial charge in [0.2, 0.25) is 0 Å². The van der Waals surface area contributed by atoms with Crippen molar-refractivity contribution in [2.24, 2.45) is 0 Å². The van der Waals surface area contributed by atoms with Crippen LogP contribution in [0.25, 0.3) is 0 Å². The molecule has 0 aromatic heterocycles. The average Bonchev–Trinajstić information content (AvgIpc) is 2.36. The second-order valence-corrected chi connectivity index (χ2v) is 7.23. The van der Waals surface area contributed by atoms with E-state index in [9.17, 15) is 5.11 Å². The van der Waals surface area contributed by atoms with Crippen LogP contribution in [0, 0.1) is 0 Å². The molecule has 1 aliphatic rings. The van der Waals surface area contributed by atoms with Crippen molar-refractivity contribution in [1.29, 1.82) is 0 Å². The highest BCUT2D eigenvalue weighted by Crippen LogP contribution is 2.46. The minimum atomic E-state index is -0.314. The van der Waals surface area contributed by atoms with Crippen LogP contribution in [-0.4, -0.2) is 21.7 Å². The molecule has 1 aromatic rings. The van der Waals surface area contributed by atoms with Crippen LogP contribution in [0.4, 0.5) is 0 Å². The van der Waals surface area contributed by atoms with Crippen molar-refractivity contribution >= 4 is 23.5 Å². The minimum absolute atomic E-state index is 0.187. The number of fused-ring (bicyclic) bond motifs is 1. The van der Waals surface area contributed by atoms with Gasteiger partial charge in [-0.3, -0.25) is 0 Å². The zero-order valence-electron chi connectivity index (χ0n) is 10.5. The SMILES string of the molecule is CSC1(SC)CCCc2ccccc2C(O)C1. The molecule has 1 aromatic carbocycles. The van der Waals surface area contributed by atoms with Crippen LogP contribution in [0.5, 0.6) is 0 Å². The van der Waals surface area contributed by atoms with E-state index in [2.05, 4.69) is 30.7 Å². The number of benzene rings is 1. The topological polar surface area (TPSA) is 20.2 Å². The van der Waals surface area contributed by atoms with Gasteiger partial charge in [-0.2, -0.15) is 0 Å². The van der Waals surface area contributed by atoms with Gasteiger partial charge in [0.05, 0.1) is 10.2 Å². The Hall–Kier alpha value is -0.120. The molecule has 94 valence electrons. The Kier molecular flexibility index (Phi) is 4.45. The summed E-state index contributed by atoms with van der Waals surface area (Å²) in [6, 6.07) is 8.34. The van der Waals surface area contributed by atoms with E-state index in [-0.39, 0.29) is 10.2 Å². The number of aliphatic hydroxyl groups excluding tert-OH is 1. The molecule has 1 nitrogen and oxygen atoms in total. The summed E-state index contributed by atoms with van der Waals surface area (Å²) in [4.78, 5) is 0. The molecule has 3 heteroatoms. The van der Waals surface area contributed by atoms with Gasteiger partial charge in [-0.1, -0.05) is 24.3 Å². The van der Waals surface area contributed by atoms with Crippen LogP contribution in [0.2, 0.25) is 0 Å². The summed E-state index contributed by atoms with van der Waals surface area (Å²) in [5, 5.41) is 10.4. The van der Waals surface area contributed by atoms with Crippen molar-refractivity contribution in [2.75, 3.05) is 12.5 Å². The van der Waals surface area contributed by atoms with E-state index in [1.165, 1.54) is 18.4 Å². The predicted molar refractivity (Wildman–Crippen MR) is 78.7 cm³/mol. The van der Waals surface area contributed by atoms with Gasteiger partial charge in [-0.25, -0.2) is 0 Å². The number of hydrogen-bond acceptors (Lipinski definition) is 3. The quantitative estimate of drug-likeness (QED) is 0.822. The molecule has 17 heavy (non-hydrogen) atoms. The normalized spacial score (nSPS) is 23.6. The first-order chi connectivity index (χ1) is 8.21. The minimum Gasteiger partial charge on any atom is -0.388 e. The van der Waals surface area contributed by atoms with E-state index in [1.54, 1.807) is 0 Å². The molecule has 0 bridgehead atoms. The Morgan fingerprint density at radius 3 is 2.65 bits per heavy atom. The molecule has 0 saturated carbocycles. The Morgan fingerprint density at radius 2 is 1.94 bits per heavy atom. The molecular weight excluding hydrogens is 248 g/mol. The van der Waals surface area contributed by atoms with Crippen molar-refractivity contribution in [2.45, 2.75) is 35.9 Å². The zero-order chi connectivity index (χ0) is 12.3. The molecule has 0 aliphatic heterocycles. The number of rotatable bonds is 2. The van der Waals surface area contributed by atoms with Crippen LogP contribution in [0.3, 0.4) is 0 Å². The number of aliphatic hydroxyl groups is 1. The molecule has 0 amide bonds. The first kappa shape index (κ1) is 13.3. The van der Waals surface area contributed by atoms with Gasteiger partial charge in [0, 0.05) is 6.42 Å². The summed E-state index contributed by atoms with van der Waals surface area (Å²) in [6.07, 6.45) is 8.36. The smallest absolute Gasteiger partial charge is 0.0814 e. The third kappa shape index (κ3) is 2.83. The molecule has 0 fully saturated rings. The predicted octanol–water partition coefficient (Wildman–Crippen LogP) is 3.87. The van der Waals surface area contributed by atoms with Gasteiger partial charge in [0.25, 0.3) is 0 Å². The summed E-state index contributed by atoms with van der Waals surface area (Å²) in [5.74, 6) is 0. The molecule has 1 unspecified atom stereocenters. The maximum atomic E-state index is 10.4. The van der Waals surface area contributed by atoms with Crippen molar-refractivity contribution in [1.82, 2.24) is 0 Å². The van der Waals surface area contributed by atoms with E-state index < -0.39 is 0 Å². The van der Waals surface area contributed by atoms with Gasteiger partial charge in [0.1, 0.15) is 0 Å². The van der Waals surface area contributed by atoms with Crippen LogP contribution in [0.1, 0.15) is 36.5 Å². The summed E-state index contributed by atoms with van der Waals surface area (Å²) >= 11 is 3.79. The Morgan fingerprint density at radius 1 is 1.24 bits per heavy atom. The summed E-state index contributed by atoms with van der Waals surface area (Å²) < 4.78 is 0.187. The first-order valence-corrected chi connectivity index (χ1v) is 8.52. The fourth-order valence-corrected chi connectivity index (χ4v) is 4.61. The molecule has 0 spiro atoms. The first-order valence-electron chi connectivity index (χ1n) is 6.07. The molecule has 0 heterocycles. The lowest BCUT2D eigenvalue weighted by Crippen LogP contribution is -2.25. The fraction of sp³-hybridized carbons (Fsp3) is 0.571. The van der Waals surface area contributed by atoms with Crippen molar-refractivity contribution < 1.29 is 5.11 Å². The summed E-state index contributed by atoms with van der Waals surface area (Å²) in [6.45, 7) is 0. The maximum absolute atomic E-state index is 10.4. The van der Waals surface area contributed by atoms with Gasteiger partial charge in [-0.15, -0.1) is 23.5 Å². The van der Waals surface area contributed by atoms with Gasteiger partial charge in [0.15, 0.2) is 0 Å². The van der Waals surface area contributed by atoms with E-state index in [1.807, 2.05) is 29.6 Å². The largest absolute Gasteiger partial charge is 0.388 e. The molecule has 1 N–H and O–H groups in total. The Balaban J connectivity index is 2.29. The standard InChI is InChI=1S/C14H20OS2/c1-16-14(17-2)9-5-7-11-6-3-4-8-12(11)13(15)10-14/h3-4,6,8,13,15H,5,7,9-10H2,1-2H3. The molecule has 1 aliphatic carbocycles. The van der Waals surface area contributed by atoms with Crippen molar-refractivity contribution in [3.63, 3.8) is 0 Å². The van der Waals surface area contributed by atoms with E-state index in [0.717, 1.165) is 18.4 Å². The lowest BCUT2D eigenvalue weighted by molar-refractivity contribution is 0.158. The highest BCUT2D eigenvalue weighted by atomic mass is 32.2. The van der Waals surface area contributed by atoms with Gasteiger partial charge in [-0.05, 0) is 42.9 Å². The van der Waals surface area contributed by atoms with Gasteiger partial charge >= 0.3 is 0 Å². The number of aryl methyl sites for hydroxylation is 1. The van der Waals surface area contributed by atoms with E-state index in [0.29, 0.717) is 0 Å². The number of hydrogen-bond donors (Lipinski definition) is 1. The second-order valence-electron chi connectivity index (χ2n) is 4.59. The highest BCUT2D eigenvalue weighted by Gasteiger charge is 2.33. The third-order valence-electron chi connectivity index (χ3n) is 3.67. The molecule has 0 radical (unpaired) electrons. The van der Waals surface area contributed by atoms with Gasteiger partial charge < -0.3 is 5.11 Å². The van der Waals surface area contributed by atoms with Crippen molar-refractivity contribution in [3.8, 4) is 0 Å². The molecular formula is C14H20OS2.